The molecule has 0 aliphatic carbocycles. The van der Waals surface area contributed by atoms with Crippen molar-refractivity contribution in [1.29, 1.82) is 0 Å². The molecule has 0 bridgehead atoms. The standard InChI is InChI=1S/C17H24Cl2N2O/c1-2-3-4-5-6-7-8-12-16(22)21-20-13-14-10-9-11-15(18)17(14)19/h9-11,13H,2-8,12H2,1H3,(H,21,22). The van der Waals surface area contributed by atoms with Gasteiger partial charge in [0.2, 0.25) is 5.91 Å². The number of carbonyl (C=O) groups excluding carboxylic acids is 1. The van der Waals surface area contributed by atoms with Gasteiger partial charge < -0.3 is 0 Å². The summed E-state index contributed by atoms with van der Waals surface area (Å²) >= 11 is 11.9. The molecule has 0 saturated carbocycles. The monoisotopic (exact) mass is 342 g/mol. The Morgan fingerprint density at radius 3 is 2.55 bits per heavy atom. The van der Waals surface area contributed by atoms with E-state index in [-0.39, 0.29) is 5.91 Å². The van der Waals surface area contributed by atoms with Crippen LogP contribution in [0.4, 0.5) is 0 Å². The molecule has 0 saturated heterocycles. The molecule has 122 valence electrons. The Balaban J connectivity index is 2.17. The number of hydrogen-bond acceptors (Lipinski definition) is 2. The van der Waals surface area contributed by atoms with Crippen molar-refractivity contribution in [3.63, 3.8) is 0 Å². The molecular formula is C17H24Cl2N2O. The molecule has 0 spiro atoms. The first-order valence-corrected chi connectivity index (χ1v) is 8.66. The molecule has 0 aliphatic heterocycles. The van der Waals surface area contributed by atoms with Gasteiger partial charge in [0.15, 0.2) is 0 Å². The fourth-order valence-electron chi connectivity index (χ4n) is 2.09. The molecule has 0 aliphatic rings. The van der Waals surface area contributed by atoms with Crippen molar-refractivity contribution < 1.29 is 4.79 Å². The number of carbonyl (C=O) groups is 1. The lowest BCUT2D eigenvalue weighted by Crippen LogP contribution is -2.16. The van der Waals surface area contributed by atoms with Crippen molar-refractivity contribution in [1.82, 2.24) is 5.43 Å². The van der Waals surface area contributed by atoms with Crippen LogP contribution in [0, 0.1) is 0 Å². The van der Waals surface area contributed by atoms with E-state index < -0.39 is 0 Å². The largest absolute Gasteiger partial charge is 0.273 e. The van der Waals surface area contributed by atoms with E-state index in [0.29, 0.717) is 22.0 Å². The average molecular weight is 343 g/mol. The zero-order chi connectivity index (χ0) is 16.2. The molecule has 3 nitrogen and oxygen atoms in total. The van der Waals surface area contributed by atoms with Crippen LogP contribution in [0.25, 0.3) is 0 Å². The Morgan fingerprint density at radius 1 is 1.14 bits per heavy atom. The number of halogens is 2. The fourth-order valence-corrected chi connectivity index (χ4v) is 2.45. The van der Waals surface area contributed by atoms with E-state index in [4.69, 9.17) is 23.2 Å². The second-order valence-corrected chi connectivity index (χ2v) is 6.09. The van der Waals surface area contributed by atoms with Gasteiger partial charge in [-0.05, 0) is 12.5 Å². The predicted octanol–water partition coefficient (Wildman–Crippen LogP) is 5.58. The number of nitrogens with zero attached hydrogens (tertiary/aromatic N) is 1. The highest BCUT2D eigenvalue weighted by molar-refractivity contribution is 6.43. The van der Waals surface area contributed by atoms with Crippen molar-refractivity contribution in [3.05, 3.63) is 33.8 Å². The Hall–Kier alpha value is -1.06. The maximum atomic E-state index is 11.6. The second kappa shape index (κ2) is 11.5. The topological polar surface area (TPSA) is 41.5 Å². The van der Waals surface area contributed by atoms with Gasteiger partial charge in [0.05, 0.1) is 16.3 Å². The number of amides is 1. The number of hydrogen-bond donors (Lipinski definition) is 1. The lowest BCUT2D eigenvalue weighted by molar-refractivity contribution is -0.121. The van der Waals surface area contributed by atoms with E-state index >= 15 is 0 Å². The van der Waals surface area contributed by atoms with Crippen LogP contribution in [-0.2, 0) is 4.79 Å². The van der Waals surface area contributed by atoms with Gasteiger partial charge in [-0.15, -0.1) is 0 Å². The number of rotatable bonds is 10. The van der Waals surface area contributed by atoms with Gasteiger partial charge >= 0.3 is 0 Å². The molecule has 1 rings (SSSR count). The van der Waals surface area contributed by atoms with Gasteiger partial charge in [0.25, 0.3) is 0 Å². The SMILES string of the molecule is CCCCCCCCCC(=O)NN=Cc1cccc(Cl)c1Cl. The van der Waals surface area contributed by atoms with Crippen LogP contribution in [0.3, 0.4) is 0 Å². The number of benzene rings is 1. The first-order chi connectivity index (χ1) is 10.6. The maximum absolute atomic E-state index is 11.6. The first-order valence-electron chi connectivity index (χ1n) is 7.91. The molecule has 22 heavy (non-hydrogen) atoms. The molecule has 0 atom stereocenters. The third-order valence-corrected chi connectivity index (χ3v) is 4.22. The Labute approximate surface area is 143 Å². The number of unbranched alkanes of at least 4 members (excludes halogenated alkanes) is 6. The number of hydrazone groups is 1. The van der Waals surface area contributed by atoms with E-state index in [9.17, 15) is 4.79 Å². The third kappa shape index (κ3) is 7.81. The summed E-state index contributed by atoms with van der Waals surface area (Å²) in [6, 6.07) is 5.29. The van der Waals surface area contributed by atoms with Gasteiger partial charge in [-0.1, -0.05) is 80.8 Å². The van der Waals surface area contributed by atoms with E-state index in [2.05, 4.69) is 17.5 Å². The predicted molar refractivity (Wildman–Crippen MR) is 94.8 cm³/mol. The van der Waals surface area contributed by atoms with Gasteiger partial charge in [0, 0.05) is 12.0 Å². The highest BCUT2D eigenvalue weighted by Gasteiger charge is 2.02. The van der Waals surface area contributed by atoms with E-state index in [1.165, 1.54) is 38.3 Å². The molecule has 1 aromatic carbocycles. The molecule has 1 N–H and O–H groups in total. The van der Waals surface area contributed by atoms with Crippen LogP contribution in [0.2, 0.25) is 10.0 Å². The van der Waals surface area contributed by atoms with Gasteiger partial charge in [-0.3, -0.25) is 4.79 Å². The summed E-state index contributed by atoms with van der Waals surface area (Å²) in [4.78, 5) is 11.6. The van der Waals surface area contributed by atoms with E-state index in [1.54, 1.807) is 18.2 Å². The summed E-state index contributed by atoms with van der Waals surface area (Å²) in [7, 11) is 0. The molecule has 0 heterocycles. The quantitative estimate of drug-likeness (QED) is 0.336. The van der Waals surface area contributed by atoms with Crippen LogP contribution in [0.5, 0.6) is 0 Å². The van der Waals surface area contributed by atoms with E-state index in [1.807, 2.05) is 0 Å². The zero-order valence-electron chi connectivity index (χ0n) is 13.1. The molecule has 0 unspecified atom stereocenters. The van der Waals surface area contributed by atoms with Gasteiger partial charge in [0.1, 0.15) is 0 Å². The van der Waals surface area contributed by atoms with Crippen LogP contribution >= 0.6 is 23.2 Å². The molecule has 0 fully saturated rings. The second-order valence-electron chi connectivity index (χ2n) is 5.31. The molecule has 1 aromatic rings. The highest BCUT2D eigenvalue weighted by Crippen LogP contribution is 2.24. The minimum atomic E-state index is -0.0667. The normalized spacial score (nSPS) is 11.0. The molecule has 5 heteroatoms. The smallest absolute Gasteiger partial charge is 0.240 e. The Kier molecular flexibility index (Phi) is 9.93. The van der Waals surface area contributed by atoms with Crippen molar-refractivity contribution in [2.45, 2.75) is 58.3 Å². The minimum absolute atomic E-state index is 0.0667. The Bertz CT molecular complexity index is 490. The summed E-state index contributed by atoms with van der Waals surface area (Å²) in [5.41, 5.74) is 3.20. The summed E-state index contributed by atoms with van der Waals surface area (Å²) < 4.78 is 0. The maximum Gasteiger partial charge on any atom is 0.240 e. The molecular weight excluding hydrogens is 319 g/mol. The summed E-state index contributed by atoms with van der Waals surface area (Å²) in [5, 5.41) is 4.83. The molecule has 0 aromatic heterocycles. The van der Waals surface area contributed by atoms with Crippen molar-refractivity contribution in [2.24, 2.45) is 5.10 Å². The first kappa shape index (κ1) is 19.0. The average Bonchev–Trinajstić information content (AvgIpc) is 2.50. The Morgan fingerprint density at radius 2 is 1.82 bits per heavy atom. The van der Waals surface area contributed by atoms with Crippen molar-refractivity contribution in [3.8, 4) is 0 Å². The van der Waals surface area contributed by atoms with Crippen LogP contribution in [-0.4, -0.2) is 12.1 Å². The van der Waals surface area contributed by atoms with Crippen LogP contribution < -0.4 is 5.43 Å². The zero-order valence-corrected chi connectivity index (χ0v) is 14.6. The summed E-state index contributed by atoms with van der Waals surface area (Å²) in [6.45, 7) is 2.21. The van der Waals surface area contributed by atoms with E-state index in [0.717, 1.165) is 12.8 Å². The summed E-state index contributed by atoms with van der Waals surface area (Å²) in [6.07, 6.45) is 10.4. The lowest BCUT2D eigenvalue weighted by atomic mass is 10.1. The van der Waals surface area contributed by atoms with Crippen LogP contribution in [0.15, 0.2) is 23.3 Å². The highest BCUT2D eigenvalue weighted by atomic mass is 35.5. The number of nitrogens with one attached hydrogen (secondary N) is 1. The van der Waals surface area contributed by atoms with Gasteiger partial charge in [-0.2, -0.15) is 5.10 Å². The lowest BCUT2D eigenvalue weighted by Gasteiger charge is -2.02. The van der Waals surface area contributed by atoms with Crippen molar-refractivity contribution in [2.75, 3.05) is 0 Å². The molecule has 0 radical (unpaired) electrons. The van der Waals surface area contributed by atoms with Crippen molar-refractivity contribution >= 4 is 35.3 Å². The third-order valence-electron chi connectivity index (χ3n) is 3.38. The summed E-state index contributed by atoms with van der Waals surface area (Å²) in [5.74, 6) is -0.0667. The molecule has 1 amide bonds. The fraction of sp³-hybridized carbons (Fsp3) is 0.529. The minimum Gasteiger partial charge on any atom is -0.273 e. The van der Waals surface area contributed by atoms with Gasteiger partial charge in [-0.25, -0.2) is 5.43 Å². The van der Waals surface area contributed by atoms with Crippen LogP contribution in [0.1, 0.15) is 63.9 Å².